The summed E-state index contributed by atoms with van der Waals surface area (Å²) >= 11 is 0. The van der Waals surface area contributed by atoms with Crippen LogP contribution in [0.1, 0.15) is 10.4 Å². The second kappa shape index (κ2) is 6.65. The van der Waals surface area contributed by atoms with Gasteiger partial charge in [-0.2, -0.15) is 0 Å². The van der Waals surface area contributed by atoms with Crippen molar-refractivity contribution in [1.29, 1.82) is 0 Å². The van der Waals surface area contributed by atoms with Gasteiger partial charge in [0.15, 0.2) is 11.5 Å². The summed E-state index contributed by atoms with van der Waals surface area (Å²) in [6, 6.07) is 12.5. The molecule has 0 aliphatic carbocycles. The quantitative estimate of drug-likeness (QED) is 0.887. The second-order valence-corrected chi connectivity index (χ2v) is 4.35. The largest absolute Gasteiger partial charge is 0.493 e. The summed E-state index contributed by atoms with van der Waals surface area (Å²) in [4.78, 5) is 12.2. The van der Waals surface area contributed by atoms with Crippen LogP contribution in [0.5, 0.6) is 11.5 Å². The summed E-state index contributed by atoms with van der Waals surface area (Å²) in [6.45, 7) is 0. The molecular weight excluding hydrogens is 268 g/mol. The molecule has 0 saturated carbocycles. The molecule has 0 bridgehead atoms. The molecule has 5 heteroatoms. The average molecular weight is 286 g/mol. The minimum absolute atomic E-state index is 0.176. The van der Waals surface area contributed by atoms with E-state index >= 15 is 0 Å². The molecule has 110 valence electrons. The van der Waals surface area contributed by atoms with E-state index in [4.69, 9.17) is 9.47 Å². The van der Waals surface area contributed by atoms with E-state index in [0.29, 0.717) is 22.7 Å². The van der Waals surface area contributed by atoms with Crippen molar-refractivity contribution in [1.82, 2.24) is 0 Å². The van der Waals surface area contributed by atoms with Gasteiger partial charge in [-0.3, -0.25) is 4.79 Å². The fourth-order valence-electron chi connectivity index (χ4n) is 1.91. The van der Waals surface area contributed by atoms with Crippen molar-refractivity contribution >= 4 is 17.3 Å². The molecule has 0 aliphatic rings. The molecule has 0 aliphatic heterocycles. The number of benzene rings is 2. The molecule has 0 unspecified atom stereocenters. The molecule has 2 aromatic rings. The Kier molecular flexibility index (Phi) is 4.66. The van der Waals surface area contributed by atoms with Crippen molar-refractivity contribution in [2.24, 2.45) is 0 Å². The number of nitrogens with one attached hydrogen (secondary N) is 2. The Labute approximate surface area is 123 Å². The SMILES string of the molecule is CNc1ccc(C(=O)Nc2ccc(OC)c(OC)c2)cc1. The zero-order valence-corrected chi connectivity index (χ0v) is 12.3. The van der Waals surface area contributed by atoms with E-state index in [1.54, 1.807) is 44.6 Å². The van der Waals surface area contributed by atoms with Gasteiger partial charge in [0.25, 0.3) is 5.91 Å². The van der Waals surface area contributed by atoms with Gasteiger partial charge in [-0.25, -0.2) is 0 Å². The first kappa shape index (κ1) is 14.7. The minimum Gasteiger partial charge on any atom is -0.493 e. The van der Waals surface area contributed by atoms with Gasteiger partial charge in [0.1, 0.15) is 0 Å². The minimum atomic E-state index is -0.176. The summed E-state index contributed by atoms with van der Waals surface area (Å²) in [5.74, 6) is 1.01. The van der Waals surface area contributed by atoms with Crippen molar-refractivity contribution in [3.05, 3.63) is 48.0 Å². The lowest BCUT2D eigenvalue weighted by atomic mass is 10.2. The maximum absolute atomic E-state index is 12.2. The highest BCUT2D eigenvalue weighted by atomic mass is 16.5. The van der Waals surface area contributed by atoms with E-state index in [0.717, 1.165) is 5.69 Å². The van der Waals surface area contributed by atoms with Crippen LogP contribution in [0.25, 0.3) is 0 Å². The van der Waals surface area contributed by atoms with Gasteiger partial charge in [0.05, 0.1) is 14.2 Å². The van der Waals surface area contributed by atoms with Crippen LogP contribution in [-0.2, 0) is 0 Å². The van der Waals surface area contributed by atoms with Gasteiger partial charge >= 0.3 is 0 Å². The number of anilines is 2. The van der Waals surface area contributed by atoms with Crippen LogP contribution in [0.4, 0.5) is 11.4 Å². The van der Waals surface area contributed by atoms with Crippen LogP contribution in [0, 0.1) is 0 Å². The number of methoxy groups -OCH3 is 2. The number of hydrogen-bond acceptors (Lipinski definition) is 4. The molecule has 2 aromatic carbocycles. The monoisotopic (exact) mass is 286 g/mol. The number of ether oxygens (including phenoxy) is 2. The van der Waals surface area contributed by atoms with Crippen LogP contribution in [0.2, 0.25) is 0 Å². The van der Waals surface area contributed by atoms with Gasteiger partial charge in [-0.1, -0.05) is 0 Å². The van der Waals surface area contributed by atoms with Crippen LogP contribution in [-0.4, -0.2) is 27.2 Å². The lowest BCUT2D eigenvalue weighted by Crippen LogP contribution is -2.11. The third-order valence-electron chi connectivity index (χ3n) is 3.08. The second-order valence-electron chi connectivity index (χ2n) is 4.35. The van der Waals surface area contributed by atoms with Crippen molar-refractivity contribution in [3.63, 3.8) is 0 Å². The first-order valence-electron chi connectivity index (χ1n) is 6.49. The van der Waals surface area contributed by atoms with E-state index in [1.807, 2.05) is 19.2 Å². The Hall–Kier alpha value is -2.69. The summed E-state index contributed by atoms with van der Waals surface area (Å²) in [5.41, 5.74) is 2.19. The van der Waals surface area contributed by atoms with Crippen molar-refractivity contribution in [2.75, 3.05) is 31.9 Å². The molecule has 0 atom stereocenters. The highest BCUT2D eigenvalue weighted by Gasteiger charge is 2.09. The Bertz CT molecular complexity index is 624. The smallest absolute Gasteiger partial charge is 0.255 e. The maximum atomic E-state index is 12.2. The first-order chi connectivity index (χ1) is 10.2. The molecule has 0 aromatic heterocycles. The Balaban J connectivity index is 2.14. The highest BCUT2D eigenvalue weighted by molar-refractivity contribution is 6.04. The van der Waals surface area contributed by atoms with Crippen LogP contribution < -0.4 is 20.1 Å². The number of carbonyl (C=O) groups excluding carboxylic acids is 1. The predicted molar refractivity (Wildman–Crippen MR) is 83.5 cm³/mol. The van der Waals surface area contributed by atoms with Gasteiger partial charge < -0.3 is 20.1 Å². The molecule has 0 fully saturated rings. The third kappa shape index (κ3) is 3.45. The summed E-state index contributed by atoms with van der Waals surface area (Å²) in [7, 11) is 4.96. The summed E-state index contributed by atoms with van der Waals surface area (Å²) in [6.07, 6.45) is 0. The molecule has 1 amide bonds. The Morgan fingerprint density at radius 3 is 2.10 bits per heavy atom. The average Bonchev–Trinajstić information content (AvgIpc) is 2.54. The number of rotatable bonds is 5. The highest BCUT2D eigenvalue weighted by Crippen LogP contribution is 2.29. The molecule has 2 rings (SSSR count). The van der Waals surface area contributed by atoms with E-state index in [2.05, 4.69) is 10.6 Å². The maximum Gasteiger partial charge on any atom is 0.255 e. The molecule has 0 saturated heterocycles. The van der Waals surface area contributed by atoms with Gasteiger partial charge in [0, 0.05) is 30.1 Å². The van der Waals surface area contributed by atoms with Crippen LogP contribution in [0.3, 0.4) is 0 Å². The van der Waals surface area contributed by atoms with Crippen molar-refractivity contribution in [3.8, 4) is 11.5 Å². The Morgan fingerprint density at radius 2 is 1.52 bits per heavy atom. The number of hydrogen-bond donors (Lipinski definition) is 2. The normalized spacial score (nSPS) is 9.86. The summed E-state index contributed by atoms with van der Waals surface area (Å²) in [5, 5.41) is 5.84. The van der Waals surface area contributed by atoms with E-state index in [-0.39, 0.29) is 5.91 Å². The molecule has 0 spiro atoms. The number of carbonyl (C=O) groups is 1. The molecule has 2 N–H and O–H groups in total. The molecule has 0 heterocycles. The van der Waals surface area contributed by atoms with Gasteiger partial charge in [-0.05, 0) is 36.4 Å². The molecule has 5 nitrogen and oxygen atoms in total. The van der Waals surface area contributed by atoms with Crippen LogP contribution >= 0.6 is 0 Å². The van der Waals surface area contributed by atoms with Crippen molar-refractivity contribution in [2.45, 2.75) is 0 Å². The first-order valence-corrected chi connectivity index (χ1v) is 6.49. The van der Waals surface area contributed by atoms with Gasteiger partial charge in [0.2, 0.25) is 0 Å². The van der Waals surface area contributed by atoms with Crippen LogP contribution in [0.15, 0.2) is 42.5 Å². The fourth-order valence-corrected chi connectivity index (χ4v) is 1.91. The molecule has 0 radical (unpaired) electrons. The lowest BCUT2D eigenvalue weighted by Gasteiger charge is -2.10. The van der Waals surface area contributed by atoms with E-state index < -0.39 is 0 Å². The lowest BCUT2D eigenvalue weighted by molar-refractivity contribution is 0.102. The Morgan fingerprint density at radius 1 is 0.905 bits per heavy atom. The van der Waals surface area contributed by atoms with E-state index in [1.165, 1.54) is 0 Å². The zero-order chi connectivity index (χ0) is 15.2. The third-order valence-corrected chi connectivity index (χ3v) is 3.08. The molecular formula is C16H18N2O3. The van der Waals surface area contributed by atoms with E-state index in [9.17, 15) is 4.79 Å². The topological polar surface area (TPSA) is 59.6 Å². The van der Waals surface area contributed by atoms with Gasteiger partial charge in [-0.15, -0.1) is 0 Å². The fraction of sp³-hybridized carbons (Fsp3) is 0.188. The number of amides is 1. The molecule has 21 heavy (non-hydrogen) atoms. The predicted octanol–water partition coefficient (Wildman–Crippen LogP) is 3.00. The standard InChI is InChI=1S/C16H18N2O3/c1-17-12-6-4-11(5-7-12)16(19)18-13-8-9-14(20-2)15(10-13)21-3/h4-10,17H,1-3H3,(H,18,19). The summed E-state index contributed by atoms with van der Waals surface area (Å²) < 4.78 is 10.4. The van der Waals surface area contributed by atoms with Crippen molar-refractivity contribution < 1.29 is 14.3 Å². The zero-order valence-electron chi connectivity index (χ0n) is 12.3.